The minimum atomic E-state index is -0.0478. The summed E-state index contributed by atoms with van der Waals surface area (Å²) in [5.41, 5.74) is 0. The Kier molecular flexibility index (Phi) is 70.8. The van der Waals surface area contributed by atoms with E-state index in [0.717, 1.165) is 64.2 Å². The fourth-order valence-corrected chi connectivity index (χ4v) is 12.7. The molecule has 11 heteroatoms. The summed E-state index contributed by atoms with van der Waals surface area (Å²) in [7, 11) is 0. The Balaban J connectivity index is 5.84. The Morgan fingerprint density at radius 2 is 0.411 bits per heavy atom. The van der Waals surface area contributed by atoms with Crippen molar-refractivity contribution < 1.29 is 24.0 Å². The second kappa shape index (κ2) is 72.6. The highest BCUT2D eigenvalue weighted by atomic mass is 16.2. The van der Waals surface area contributed by atoms with Crippen LogP contribution in [0.5, 0.6) is 0 Å². The van der Waals surface area contributed by atoms with Crippen molar-refractivity contribution in [1.82, 2.24) is 30.7 Å². The molecular weight excluding hydrogens is 1110 g/mol. The molecule has 2 amide bonds. The summed E-state index contributed by atoms with van der Waals surface area (Å²) in [6.45, 7) is 17.5. The van der Waals surface area contributed by atoms with Gasteiger partial charge in [0.25, 0.3) is 0 Å². The third-order valence-corrected chi connectivity index (χ3v) is 18.8. The standard InChI is InChI=1S/C79H156N6O5/c1-6-11-16-21-26-31-36-39-44-49-54-59-75(86)70-83(68-69-85(73-78(89)81-62-57-52-47-42-34-29-24-19-14-9-4)74-79(90)82-63-58-53-48-43-35-30-25-20-15-10-5)66-64-80-65-67-84(71-76(87)60-55-50-45-40-37-32-27-22-17-12-7-2)72-77(88)61-56-51-46-41-38-33-28-23-18-13-8-3/h80H,6-74H2,1-5H3,(H,81,89)(H,82,90). The molecule has 0 spiro atoms. The van der Waals surface area contributed by atoms with E-state index < -0.39 is 0 Å². The molecule has 0 bridgehead atoms. The zero-order chi connectivity index (χ0) is 65.5. The molecule has 0 heterocycles. The lowest BCUT2D eigenvalue weighted by Gasteiger charge is -2.27. The van der Waals surface area contributed by atoms with Gasteiger partial charge in [-0.05, 0) is 32.1 Å². The summed E-state index contributed by atoms with van der Waals surface area (Å²) in [5, 5.41) is 9.99. The van der Waals surface area contributed by atoms with Crippen LogP contribution in [0.1, 0.15) is 394 Å². The van der Waals surface area contributed by atoms with E-state index >= 15 is 0 Å². The Morgan fingerprint density at radius 1 is 0.211 bits per heavy atom. The van der Waals surface area contributed by atoms with Gasteiger partial charge < -0.3 is 16.0 Å². The Labute approximate surface area is 560 Å². The van der Waals surface area contributed by atoms with Crippen LogP contribution < -0.4 is 16.0 Å². The molecule has 0 fully saturated rings. The molecule has 0 saturated carbocycles. The maximum absolute atomic E-state index is 13.8. The van der Waals surface area contributed by atoms with E-state index in [-0.39, 0.29) is 42.3 Å². The van der Waals surface area contributed by atoms with Crippen molar-refractivity contribution in [2.75, 3.05) is 85.1 Å². The Morgan fingerprint density at radius 3 is 0.678 bits per heavy atom. The van der Waals surface area contributed by atoms with Gasteiger partial charge in [0, 0.05) is 71.6 Å². The van der Waals surface area contributed by atoms with Gasteiger partial charge >= 0.3 is 0 Å². The Bertz CT molecular complexity index is 1470. The van der Waals surface area contributed by atoms with Crippen LogP contribution in [0.25, 0.3) is 0 Å². The molecule has 0 aliphatic carbocycles. The van der Waals surface area contributed by atoms with E-state index in [1.807, 2.05) is 4.90 Å². The van der Waals surface area contributed by atoms with E-state index in [1.165, 1.54) is 276 Å². The van der Waals surface area contributed by atoms with Crippen molar-refractivity contribution in [3.63, 3.8) is 0 Å². The molecule has 11 nitrogen and oxygen atoms in total. The number of rotatable bonds is 77. The lowest BCUT2D eigenvalue weighted by atomic mass is 10.0. The van der Waals surface area contributed by atoms with Gasteiger partial charge in [-0.15, -0.1) is 0 Å². The number of carbonyl (C=O) groups excluding carboxylic acids is 5. The molecule has 0 saturated heterocycles. The summed E-state index contributed by atoms with van der Waals surface area (Å²) in [6, 6.07) is 0. The molecule has 0 rings (SSSR count). The van der Waals surface area contributed by atoms with Crippen molar-refractivity contribution in [1.29, 1.82) is 0 Å². The summed E-state index contributed by atoms with van der Waals surface area (Å²) >= 11 is 0. The maximum atomic E-state index is 13.8. The van der Waals surface area contributed by atoms with E-state index in [9.17, 15) is 24.0 Å². The number of amides is 2. The van der Waals surface area contributed by atoms with Crippen LogP contribution in [0.4, 0.5) is 0 Å². The van der Waals surface area contributed by atoms with Crippen LogP contribution in [0.2, 0.25) is 0 Å². The largest absolute Gasteiger partial charge is 0.355 e. The normalized spacial score (nSPS) is 11.7. The van der Waals surface area contributed by atoms with Gasteiger partial charge in [-0.3, -0.25) is 38.7 Å². The lowest BCUT2D eigenvalue weighted by molar-refractivity contribution is -0.126. The molecule has 532 valence electrons. The third kappa shape index (κ3) is 67.2. The van der Waals surface area contributed by atoms with E-state index in [2.05, 4.69) is 60.4 Å². The number of ketones is 3. The van der Waals surface area contributed by atoms with Crippen molar-refractivity contribution in [2.45, 2.75) is 394 Å². The first-order valence-electron chi connectivity index (χ1n) is 40.1. The second-order valence-electron chi connectivity index (χ2n) is 28.0. The molecule has 3 N–H and O–H groups in total. The monoisotopic (exact) mass is 1270 g/mol. The molecular formula is C79H156N6O5. The highest BCUT2D eigenvalue weighted by Gasteiger charge is 2.19. The zero-order valence-corrected chi connectivity index (χ0v) is 61.2. The first-order valence-corrected chi connectivity index (χ1v) is 40.1. The molecule has 0 unspecified atom stereocenters. The molecule has 0 radical (unpaired) electrons. The maximum Gasteiger partial charge on any atom is 0.234 e. The van der Waals surface area contributed by atoms with E-state index in [0.29, 0.717) is 91.3 Å². The molecule has 0 aromatic carbocycles. The van der Waals surface area contributed by atoms with E-state index in [1.54, 1.807) is 0 Å². The van der Waals surface area contributed by atoms with Gasteiger partial charge in [-0.2, -0.15) is 0 Å². The smallest absolute Gasteiger partial charge is 0.234 e. The van der Waals surface area contributed by atoms with Crippen LogP contribution in [-0.2, 0) is 24.0 Å². The number of hydrogen-bond donors (Lipinski definition) is 3. The highest BCUT2D eigenvalue weighted by Crippen LogP contribution is 2.17. The fourth-order valence-electron chi connectivity index (χ4n) is 12.7. The first-order chi connectivity index (χ1) is 44.2. The van der Waals surface area contributed by atoms with Gasteiger partial charge in [0.15, 0.2) is 0 Å². The van der Waals surface area contributed by atoms with Crippen molar-refractivity contribution in [3.8, 4) is 0 Å². The molecule has 0 aliphatic heterocycles. The van der Waals surface area contributed by atoms with Crippen molar-refractivity contribution in [3.05, 3.63) is 0 Å². The van der Waals surface area contributed by atoms with E-state index in [4.69, 9.17) is 0 Å². The van der Waals surface area contributed by atoms with Gasteiger partial charge in [-0.25, -0.2) is 0 Å². The number of hydrogen-bond acceptors (Lipinski definition) is 9. The van der Waals surface area contributed by atoms with Crippen LogP contribution >= 0.6 is 0 Å². The second-order valence-corrected chi connectivity index (χ2v) is 28.0. The summed E-state index contributed by atoms with van der Waals surface area (Å²) in [6.07, 6.45) is 68.0. The minimum Gasteiger partial charge on any atom is -0.355 e. The highest BCUT2D eigenvalue weighted by molar-refractivity contribution is 5.83. The number of Topliss-reactive ketones (excluding diaryl/α,β-unsaturated/α-hetero) is 3. The predicted molar refractivity (Wildman–Crippen MR) is 390 cm³/mol. The van der Waals surface area contributed by atoms with Crippen LogP contribution in [0.15, 0.2) is 0 Å². The minimum absolute atomic E-state index is 0.0478. The lowest BCUT2D eigenvalue weighted by Crippen LogP contribution is -2.47. The number of nitrogens with one attached hydrogen (secondary N) is 3. The molecule has 0 aromatic rings. The van der Waals surface area contributed by atoms with Crippen molar-refractivity contribution in [2.24, 2.45) is 0 Å². The number of carbonyl (C=O) groups is 5. The van der Waals surface area contributed by atoms with Gasteiger partial charge in [0.05, 0.1) is 32.7 Å². The molecule has 0 aliphatic rings. The fraction of sp³-hybridized carbons (Fsp3) is 0.937. The molecule has 90 heavy (non-hydrogen) atoms. The first kappa shape index (κ1) is 87.8. The number of unbranched alkanes of at least 4 members (excludes halogenated alkanes) is 48. The van der Waals surface area contributed by atoms with Gasteiger partial charge in [0.1, 0.15) is 17.3 Å². The molecule has 0 atom stereocenters. The Hall–Kier alpha value is -2.21. The average molecular weight is 1270 g/mol. The van der Waals surface area contributed by atoms with Gasteiger partial charge in [0.2, 0.25) is 11.8 Å². The quantitative estimate of drug-likeness (QED) is 0.0510. The summed E-state index contributed by atoms with van der Waals surface area (Å²) < 4.78 is 0. The van der Waals surface area contributed by atoms with Crippen LogP contribution in [-0.4, -0.2) is 129 Å². The van der Waals surface area contributed by atoms with Crippen LogP contribution in [0.3, 0.4) is 0 Å². The summed E-state index contributed by atoms with van der Waals surface area (Å²) in [4.78, 5) is 74.2. The third-order valence-electron chi connectivity index (χ3n) is 18.8. The predicted octanol–water partition coefficient (Wildman–Crippen LogP) is 20.4. The van der Waals surface area contributed by atoms with Crippen LogP contribution in [0, 0.1) is 0 Å². The molecule has 0 aromatic heterocycles. The average Bonchev–Trinajstić information content (AvgIpc) is 3.74. The van der Waals surface area contributed by atoms with Gasteiger partial charge in [-0.1, -0.05) is 343 Å². The number of nitrogens with zero attached hydrogens (tertiary/aromatic N) is 3. The SMILES string of the molecule is CCCCCCCCCCCCCC(=O)CN(CCNCCN(CC(=O)CCCCCCCCCCCCC)CC(=O)CCCCCCCCCCCCC)CCN(CC(=O)NCCCCCCCCCCCC)CC(=O)NCCCCCCCCCCCC. The zero-order valence-electron chi connectivity index (χ0n) is 61.2. The topological polar surface area (TPSA) is 131 Å². The summed E-state index contributed by atoms with van der Waals surface area (Å²) in [5.74, 6) is 0.627. The van der Waals surface area contributed by atoms with Crippen molar-refractivity contribution >= 4 is 29.2 Å².